The molecule has 0 saturated heterocycles. The molecule has 0 saturated carbocycles. The van der Waals surface area contributed by atoms with Gasteiger partial charge in [0.1, 0.15) is 6.61 Å². The van der Waals surface area contributed by atoms with E-state index in [-0.39, 0.29) is 19.2 Å². The molecular formula is C13H22O5. The van der Waals surface area contributed by atoms with Gasteiger partial charge in [0.15, 0.2) is 0 Å². The van der Waals surface area contributed by atoms with Gasteiger partial charge in [-0.2, -0.15) is 0 Å². The molecule has 0 bridgehead atoms. The smallest absolute Gasteiger partial charge is 0.333 e. The fourth-order valence-corrected chi connectivity index (χ4v) is 1.70. The fraction of sp³-hybridized carbons (Fsp3) is 0.769. The Bertz CT molecular complexity index is 262. The number of hydrogen-bond acceptors (Lipinski definition) is 5. The third-order valence-electron chi connectivity index (χ3n) is 2.62. The van der Waals surface area contributed by atoms with E-state index in [1.165, 1.54) is 0 Å². The van der Waals surface area contributed by atoms with Crippen LogP contribution in [-0.2, 0) is 19.0 Å². The molecule has 0 unspecified atom stereocenters. The highest BCUT2D eigenvalue weighted by Gasteiger charge is 2.12. The molecule has 5 nitrogen and oxygen atoms in total. The lowest BCUT2D eigenvalue weighted by atomic mass is 10.00. The first-order chi connectivity index (χ1) is 8.84. The van der Waals surface area contributed by atoms with Crippen LogP contribution >= 0.6 is 0 Å². The SMILES string of the molecule is O=C(OCCOCCOCCO)C1=CCCCC1. The van der Waals surface area contributed by atoms with Crippen molar-refractivity contribution in [2.45, 2.75) is 25.7 Å². The summed E-state index contributed by atoms with van der Waals surface area (Å²) in [5.74, 6) is -0.213. The van der Waals surface area contributed by atoms with E-state index < -0.39 is 0 Å². The highest BCUT2D eigenvalue weighted by atomic mass is 16.6. The van der Waals surface area contributed by atoms with Crippen LogP contribution in [0.4, 0.5) is 0 Å². The Labute approximate surface area is 108 Å². The van der Waals surface area contributed by atoms with Gasteiger partial charge in [0, 0.05) is 5.57 Å². The molecule has 1 aliphatic rings. The maximum atomic E-state index is 11.6. The summed E-state index contributed by atoms with van der Waals surface area (Å²) in [6.45, 7) is 1.89. The molecule has 0 aromatic heterocycles. The van der Waals surface area contributed by atoms with Crippen molar-refractivity contribution in [2.75, 3.05) is 39.6 Å². The minimum Gasteiger partial charge on any atom is -0.460 e. The van der Waals surface area contributed by atoms with Gasteiger partial charge in [-0.25, -0.2) is 4.79 Å². The maximum Gasteiger partial charge on any atom is 0.333 e. The lowest BCUT2D eigenvalue weighted by Gasteiger charge is -2.12. The highest BCUT2D eigenvalue weighted by Crippen LogP contribution is 2.18. The highest BCUT2D eigenvalue weighted by molar-refractivity contribution is 5.88. The average molecular weight is 258 g/mol. The fourth-order valence-electron chi connectivity index (χ4n) is 1.70. The maximum absolute atomic E-state index is 11.6. The molecule has 104 valence electrons. The second kappa shape index (κ2) is 10.1. The van der Waals surface area contributed by atoms with Gasteiger partial charge in [-0.3, -0.25) is 0 Å². The quantitative estimate of drug-likeness (QED) is 0.495. The summed E-state index contributed by atoms with van der Waals surface area (Å²) in [5, 5.41) is 8.46. The van der Waals surface area contributed by atoms with E-state index >= 15 is 0 Å². The Kier molecular flexibility index (Phi) is 8.46. The standard InChI is InChI=1S/C13H22O5/c14-6-7-16-8-9-17-10-11-18-13(15)12-4-2-1-3-5-12/h4,14H,1-3,5-11H2. The Morgan fingerprint density at radius 1 is 1.11 bits per heavy atom. The van der Waals surface area contributed by atoms with E-state index in [2.05, 4.69) is 0 Å². The molecule has 0 aromatic rings. The van der Waals surface area contributed by atoms with E-state index in [4.69, 9.17) is 19.3 Å². The molecule has 0 amide bonds. The number of rotatable bonds is 9. The van der Waals surface area contributed by atoms with E-state index in [1.54, 1.807) is 0 Å². The number of hydrogen-bond donors (Lipinski definition) is 1. The van der Waals surface area contributed by atoms with Gasteiger partial charge >= 0.3 is 5.97 Å². The number of aliphatic hydroxyl groups is 1. The Morgan fingerprint density at radius 3 is 2.50 bits per heavy atom. The van der Waals surface area contributed by atoms with Crippen LogP contribution in [0.5, 0.6) is 0 Å². The van der Waals surface area contributed by atoms with E-state index in [0.717, 1.165) is 31.3 Å². The summed E-state index contributed by atoms with van der Waals surface area (Å²) < 4.78 is 15.3. The summed E-state index contributed by atoms with van der Waals surface area (Å²) in [4.78, 5) is 11.6. The molecule has 0 spiro atoms. The van der Waals surface area contributed by atoms with Crippen LogP contribution in [0.3, 0.4) is 0 Å². The predicted molar refractivity (Wildman–Crippen MR) is 66.2 cm³/mol. The minimum atomic E-state index is -0.213. The Hall–Kier alpha value is -0.910. The van der Waals surface area contributed by atoms with E-state index in [9.17, 15) is 4.79 Å². The molecule has 0 heterocycles. The average Bonchev–Trinajstić information content (AvgIpc) is 2.42. The lowest BCUT2D eigenvalue weighted by molar-refractivity contribution is -0.141. The Balaban J connectivity index is 1.94. The van der Waals surface area contributed by atoms with Crippen molar-refractivity contribution >= 4 is 5.97 Å². The molecule has 0 atom stereocenters. The van der Waals surface area contributed by atoms with Gasteiger partial charge in [0.2, 0.25) is 0 Å². The van der Waals surface area contributed by atoms with Crippen LogP contribution in [0.15, 0.2) is 11.6 Å². The van der Waals surface area contributed by atoms with Crippen molar-refractivity contribution in [2.24, 2.45) is 0 Å². The molecule has 1 aliphatic carbocycles. The molecule has 0 aromatic carbocycles. The van der Waals surface area contributed by atoms with Crippen molar-refractivity contribution in [1.82, 2.24) is 0 Å². The van der Waals surface area contributed by atoms with Crippen LogP contribution in [-0.4, -0.2) is 50.7 Å². The minimum absolute atomic E-state index is 0.0206. The monoisotopic (exact) mass is 258 g/mol. The molecular weight excluding hydrogens is 236 g/mol. The van der Waals surface area contributed by atoms with Crippen molar-refractivity contribution in [3.05, 3.63) is 11.6 Å². The number of allylic oxidation sites excluding steroid dienone is 1. The predicted octanol–water partition coefficient (Wildman–Crippen LogP) is 1.06. The molecule has 1 rings (SSSR count). The zero-order valence-corrected chi connectivity index (χ0v) is 10.7. The number of carbonyl (C=O) groups is 1. The first-order valence-corrected chi connectivity index (χ1v) is 6.47. The second-order valence-electron chi connectivity index (χ2n) is 4.06. The van der Waals surface area contributed by atoms with Crippen LogP contribution in [0.1, 0.15) is 25.7 Å². The second-order valence-corrected chi connectivity index (χ2v) is 4.06. The third kappa shape index (κ3) is 6.74. The van der Waals surface area contributed by atoms with E-state index in [1.807, 2.05) is 6.08 Å². The molecule has 0 radical (unpaired) electrons. The van der Waals surface area contributed by atoms with Crippen LogP contribution in [0, 0.1) is 0 Å². The third-order valence-corrected chi connectivity index (χ3v) is 2.62. The van der Waals surface area contributed by atoms with Crippen LogP contribution < -0.4 is 0 Å². The Morgan fingerprint density at radius 2 is 1.83 bits per heavy atom. The summed E-state index contributed by atoms with van der Waals surface area (Å²) in [6, 6.07) is 0. The van der Waals surface area contributed by atoms with Crippen LogP contribution in [0.25, 0.3) is 0 Å². The number of ether oxygens (including phenoxy) is 3. The number of aliphatic hydroxyl groups excluding tert-OH is 1. The van der Waals surface area contributed by atoms with Gasteiger partial charge < -0.3 is 19.3 Å². The topological polar surface area (TPSA) is 65.0 Å². The molecule has 1 N–H and O–H groups in total. The summed E-state index contributed by atoms with van der Waals surface area (Å²) >= 11 is 0. The number of carbonyl (C=O) groups excluding carboxylic acids is 1. The van der Waals surface area contributed by atoms with Crippen molar-refractivity contribution in [1.29, 1.82) is 0 Å². The van der Waals surface area contributed by atoms with Crippen molar-refractivity contribution in [3.8, 4) is 0 Å². The summed E-state index contributed by atoms with van der Waals surface area (Å²) in [7, 11) is 0. The van der Waals surface area contributed by atoms with Crippen LogP contribution in [0.2, 0.25) is 0 Å². The largest absolute Gasteiger partial charge is 0.460 e. The van der Waals surface area contributed by atoms with Gasteiger partial charge in [0.05, 0.1) is 33.0 Å². The van der Waals surface area contributed by atoms with Gasteiger partial charge in [-0.1, -0.05) is 6.08 Å². The first kappa shape index (κ1) is 15.1. The molecule has 0 aliphatic heterocycles. The van der Waals surface area contributed by atoms with Gasteiger partial charge in [-0.15, -0.1) is 0 Å². The lowest BCUT2D eigenvalue weighted by Crippen LogP contribution is -2.15. The zero-order chi connectivity index (χ0) is 13.1. The number of esters is 1. The molecule has 0 fully saturated rings. The van der Waals surface area contributed by atoms with Crippen molar-refractivity contribution < 1.29 is 24.1 Å². The summed E-state index contributed by atoms with van der Waals surface area (Å²) in [5.41, 5.74) is 0.799. The van der Waals surface area contributed by atoms with Gasteiger partial charge in [-0.05, 0) is 25.7 Å². The first-order valence-electron chi connectivity index (χ1n) is 6.47. The van der Waals surface area contributed by atoms with Crippen molar-refractivity contribution in [3.63, 3.8) is 0 Å². The molecule has 5 heteroatoms. The zero-order valence-electron chi connectivity index (χ0n) is 10.7. The van der Waals surface area contributed by atoms with Gasteiger partial charge in [0.25, 0.3) is 0 Å². The van der Waals surface area contributed by atoms with E-state index in [0.29, 0.717) is 26.4 Å². The normalized spacial score (nSPS) is 15.3. The summed E-state index contributed by atoms with van der Waals surface area (Å²) in [6.07, 6.45) is 6.00. The molecule has 18 heavy (non-hydrogen) atoms.